The molecule has 0 saturated carbocycles. The highest BCUT2D eigenvalue weighted by Crippen LogP contribution is 2.18. The van der Waals surface area contributed by atoms with Gasteiger partial charge < -0.3 is 14.8 Å². The van der Waals surface area contributed by atoms with Crippen molar-refractivity contribution in [2.75, 3.05) is 13.1 Å². The molecular weight excluding hydrogens is 192 g/mol. The Morgan fingerprint density at radius 2 is 2.60 bits per heavy atom. The summed E-state index contributed by atoms with van der Waals surface area (Å²) in [6.07, 6.45) is 4.40. The van der Waals surface area contributed by atoms with Crippen LogP contribution in [0.4, 0.5) is 0 Å². The molecule has 2 atom stereocenters. The van der Waals surface area contributed by atoms with E-state index >= 15 is 0 Å². The van der Waals surface area contributed by atoms with Crippen molar-refractivity contribution in [2.45, 2.75) is 32.3 Å². The number of aliphatic hydroxyl groups is 1. The smallest absolute Gasteiger partial charge is 0.194 e. The maximum absolute atomic E-state index is 9.30. The van der Waals surface area contributed by atoms with Gasteiger partial charge in [0.2, 0.25) is 0 Å². The minimum atomic E-state index is -0.560. The summed E-state index contributed by atoms with van der Waals surface area (Å²) < 4.78 is 5.46. The fourth-order valence-corrected chi connectivity index (χ4v) is 1.96. The van der Waals surface area contributed by atoms with E-state index in [0.717, 1.165) is 25.4 Å². The third kappa shape index (κ3) is 2.79. The van der Waals surface area contributed by atoms with Crippen molar-refractivity contribution in [1.29, 1.82) is 0 Å². The van der Waals surface area contributed by atoms with Crippen molar-refractivity contribution < 1.29 is 9.52 Å². The molecular formula is C11H18N2O2. The summed E-state index contributed by atoms with van der Waals surface area (Å²) in [5, 5.41) is 12.7. The molecule has 2 rings (SSSR count). The van der Waals surface area contributed by atoms with E-state index < -0.39 is 6.10 Å². The predicted molar refractivity (Wildman–Crippen MR) is 56.4 cm³/mol. The molecule has 1 saturated heterocycles. The Morgan fingerprint density at radius 1 is 1.73 bits per heavy atom. The van der Waals surface area contributed by atoms with Crippen molar-refractivity contribution in [1.82, 2.24) is 10.3 Å². The number of nitrogens with zero attached hydrogens (tertiary/aromatic N) is 1. The fourth-order valence-electron chi connectivity index (χ4n) is 1.96. The third-order valence-electron chi connectivity index (χ3n) is 2.85. The third-order valence-corrected chi connectivity index (χ3v) is 2.85. The molecule has 0 amide bonds. The first-order valence-electron chi connectivity index (χ1n) is 5.59. The summed E-state index contributed by atoms with van der Waals surface area (Å²) in [4.78, 5) is 4.18. The molecule has 0 aromatic carbocycles. The van der Waals surface area contributed by atoms with E-state index in [0.29, 0.717) is 11.7 Å². The van der Waals surface area contributed by atoms with Gasteiger partial charge in [-0.3, -0.25) is 0 Å². The molecule has 0 bridgehead atoms. The zero-order chi connectivity index (χ0) is 10.7. The molecule has 0 spiro atoms. The van der Waals surface area contributed by atoms with Crippen molar-refractivity contribution in [2.24, 2.45) is 5.92 Å². The Morgan fingerprint density at radius 3 is 3.20 bits per heavy atom. The first kappa shape index (κ1) is 10.6. The van der Waals surface area contributed by atoms with Crippen LogP contribution in [-0.4, -0.2) is 23.2 Å². The van der Waals surface area contributed by atoms with E-state index in [2.05, 4.69) is 10.3 Å². The zero-order valence-corrected chi connectivity index (χ0v) is 9.07. The summed E-state index contributed by atoms with van der Waals surface area (Å²) in [5.74, 6) is 1.94. The Kier molecular flexibility index (Phi) is 3.38. The predicted octanol–water partition coefficient (Wildman–Crippen LogP) is 1.27. The Balaban J connectivity index is 1.91. The zero-order valence-electron chi connectivity index (χ0n) is 9.07. The van der Waals surface area contributed by atoms with Gasteiger partial charge in [0.05, 0.1) is 6.20 Å². The van der Waals surface area contributed by atoms with Gasteiger partial charge in [0.25, 0.3) is 0 Å². The topological polar surface area (TPSA) is 58.3 Å². The number of oxazole rings is 1. The Bertz CT molecular complexity index is 303. The highest BCUT2D eigenvalue weighted by Gasteiger charge is 2.17. The lowest BCUT2D eigenvalue weighted by atomic mass is 9.96. The number of nitrogens with one attached hydrogen (secondary N) is 1. The highest BCUT2D eigenvalue weighted by molar-refractivity contribution is 4.97. The van der Waals surface area contributed by atoms with E-state index in [-0.39, 0.29) is 0 Å². The molecule has 1 aromatic rings. The van der Waals surface area contributed by atoms with E-state index in [1.54, 1.807) is 13.1 Å². The number of rotatable bonds is 3. The summed E-state index contributed by atoms with van der Waals surface area (Å²) in [6.45, 7) is 3.86. The van der Waals surface area contributed by atoms with Gasteiger partial charge in [-0.15, -0.1) is 0 Å². The van der Waals surface area contributed by atoms with Crippen molar-refractivity contribution in [3.05, 3.63) is 17.8 Å². The Hall–Kier alpha value is -0.870. The van der Waals surface area contributed by atoms with E-state index in [1.165, 1.54) is 12.8 Å². The van der Waals surface area contributed by atoms with Gasteiger partial charge in [-0.1, -0.05) is 0 Å². The summed E-state index contributed by atoms with van der Waals surface area (Å²) in [5.41, 5.74) is 0. The van der Waals surface area contributed by atoms with Crippen molar-refractivity contribution >= 4 is 0 Å². The standard InChI is InChI=1S/C11H18N2O2/c1-8(14)10-7-13-11(15-10)5-9-3-2-4-12-6-9/h7-9,12,14H,2-6H2,1H3. The molecule has 0 radical (unpaired) electrons. The average molecular weight is 210 g/mol. The lowest BCUT2D eigenvalue weighted by Crippen LogP contribution is -2.30. The second kappa shape index (κ2) is 4.77. The van der Waals surface area contributed by atoms with Crippen molar-refractivity contribution in [3.8, 4) is 0 Å². The number of aromatic nitrogens is 1. The van der Waals surface area contributed by atoms with Crippen LogP contribution in [-0.2, 0) is 6.42 Å². The first-order valence-corrected chi connectivity index (χ1v) is 5.59. The van der Waals surface area contributed by atoms with E-state index in [4.69, 9.17) is 4.42 Å². The van der Waals surface area contributed by atoms with Gasteiger partial charge in [0, 0.05) is 6.42 Å². The fraction of sp³-hybridized carbons (Fsp3) is 0.727. The number of hydrogen-bond donors (Lipinski definition) is 2. The summed E-state index contributed by atoms with van der Waals surface area (Å²) in [6, 6.07) is 0. The second-order valence-corrected chi connectivity index (χ2v) is 4.25. The Labute approximate surface area is 89.7 Å². The largest absolute Gasteiger partial charge is 0.443 e. The normalized spacial score (nSPS) is 24.0. The van der Waals surface area contributed by atoms with Gasteiger partial charge in [-0.2, -0.15) is 0 Å². The SMILES string of the molecule is CC(O)c1cnc(CC2CCCNC2)o1. The van der Waals surface area contributed by atoms with Crippen LogP contribution in [0.25, 0.3) is 0 Å². The van der Waals surface area contributed by atoms with E-state index in [9.17, 15) is 5.11 Å². The minimum Gasteiger partial charge on any atom is -0.443 e. The van der Waals surface area contributed by atoms with Gasteiger partial charge in [0.15, 0.2) is 11.7 Å². The van der Waals surface area contributed by atoms with Gasteiger partial charge in [-0.25, -0.2) is 4.98 Å². The molecule has 1 aliphatic heterocycles. The maximum atomic E-state index is 9.30. The van der Waals surface area contributed by atoms with Gasteiger partial charge in [-0.05, 0) is 38.8 Å². The molecule has 0 aliphatic carbocycles. The molecule has 2 unspecified atom stereocenters. The molecule has 1 aromatic heterocycles. The van der Waals surface area contributed by atoms with Crippen LogP contribution in [0.15, 0.2) is 10.6 Å². The molecule has 84 valence electrons. The van der Waals surface area contributed by atoms with E-state index in [1.807, 2.05) is 0 Å². The molecule has 4 heteroatoms. The summed E-state index contributed by atoms with van der Waals surface area (Å²) in [7, 11) is 0. The van der Waals surface area contributed by atoms with Crippen LogP contribution in [0.2, 0.25) is 0 Å². The molecule has 2 heterocycles. The second-order valence-electron chi connectivity index (χ2n) is 4.25. The maximum Gasteiger partial charge on any atom is 0.194 e. The van der Waals surface area contributed by atoms with Crippen LogP contribution in [0.1, 0.15) is 37.5 Å². The molecule has 4 nitrogen and oxygen atoms in total. The summed E-state index contributed by atoms with van der Waals surface area (Å²) >= 11 is 0. The molecule has 15 heavy (non-hydrogen) atoms. The first-order chi connectivity index (χ1) is 7.25. The molecule has 1 fully saturated rings. The van der Waals surface area contributed by atoms with Crippen LogP contribution in [0.5, 0.6) is 0 Å². The monoisotopic (exact) mass is 210 g/mol. The number of piperidine rings is 1. The number of aliphatic hydroxyl groups excluding tert-OH is 1. The van der Waals surface area contributed by atoms with Gasteiger partial charge in [0.1, 0.15) is 6.10 Å². The molecule has 1 aliphatic rings. The average Bonchev–Trinajstić information content (AvgIpc) is 2.68. The van der Waals surface area contributed by atoms with Crippen LogP contribution in [0.3, 0.4) is 0 Å². The lowest BCUT2D eigenvalue weighted by molar-refractivity contribution is 0.166. The molecule has 2 N–H and O–H groups in total. The van der Waals surface area contributed by atoms with Crippen LogP contribution >= 0.6 is 0 Å². The highest BCUT2D eigenvalue weighted by atomic mass is 16.4. The lowest BCUT2D eigenvalue weighted by Gasteiger charge is -2.21. The number of hydrogen-bond acceptors (Lipinski definition) is 4. The minimum absolute atomic E-state index is 0.560. The van der Waals surface area contributed by atoms with Crippen molar-refractivity contribution in [3.63, 3.8) is 0 Å². The van der Waals surface area contributed by atoms with Crippen LogP contribution in [0, 0.1) is 5.92 Å². The van der Waals surface area contributed by atoms with Crippen LogP contribution < -0.4 is 5.32 Å². The van der Waals surface area contributed by atoms with Gasteiger partial charge >= 0.3 is 0 Å². The quantitative estimate of drug-likeness (QED) is 0.788.